The van der Waals surface area contributed by atoms with Crippen LogP contribution in [0.3, 0.4) is 0 Å². The molecule has 5 heteroatoms. The van der Waals surface area contributed by atoms with Crippen molar-refractivity contribution in [3.05, 3.63) is 65.7 Å². The molecule has 0 saturated carbocycles. The van der Waals surface area contributed by atoms with E-state index in [1.54, 1.807) is 17.0 Å². The molecule has 1 N–H and O–H groups in total. The van der Waals surface area contributed by atoms with Crippen molar-refractivity contribution in [2.75, 3.05) is 11.4 Å². The van der Waals surface area contributed by atoms with Crippen LogP contribution in [0.4, 0.5) is 14.5 Å². The summed E-state index contributed by atoms with van der Waals surface area (Å²) in [6.45, 7) is 0.330. The molecule has 0 aliphatic heterocycles. The summed E-state index contributed by atoms with van der Waals surface area (Å²) < 4.78 is 27.0. The Kier molecular flexibility index (Phi) is 4.87. The van der Waals surface area contributed by atoms with Gasteiger partial charge in [-0.3, -0.25) is 4.79 Å². The van der Waals surface area contributed by atoms with Gasteiger partial charge >= 0.3 is 5.97 Å². The van der Waals surface area contributed by atoms with Crippen molar-refractivity contribution >= 4 is 11.7 Å². The maximum Gasteiger partial charge on any atom is 0.305 e. The molecule has 0 aromatic heterocycles. The third-order valence-corrected chi connectivity index (χ3v) is 3.11. The molecule has 0 unspecified atom stereocenters. The zero-order chi connectivity index (χ0) is 15.2. The third kappa shape index (κ3) is 4.02. The van der Waals surface area contributed by atoms with Crippen LogP contribution < -0.4 is 4.90 Å². The molecular formula is C16H15F2NO2. The molecule has 0 aliphatic carbocycles. The highest BCUT2D eigenvalue weighted by Crippen LogP contribution is 2.20. The van der Waals surface area contributed by atoms with Gasteiger partial charge in [-0.1, -0.05) is 30.3 Å². The number of carboxylic acid groups (broad SMARTS) is 1. The summed E-state index contributed by atoms with van der Waals surface area (Å²) >= 11 is 0. The number of nitrogens with zero attached hydrogens (tertiary/aromatic N) is 1. The molecule has 2 aromatic rings. The smallest absolute Gasteiger partial charge is 0.305 e. The van der Waals surface area contributed by atoms with Crippen molar-refractivity contribution in [2.24, 2.45) is 0 Å². The number of para-hydroxylation sites is 1. The van der Waals surface area contributed by atoms with E-state index < -0.39 is 17.6 Å². The van der Waals surface area contributed by atoms with Crippen molar-refractivity contribution in [3.8, 4) is 0 Å². The molecule has 0 atom stereocenters. The lowest BCUT2D eigenvalue weighted by Crippen LogP contribution is -2.26. The van der Waals surface area contributed by atoms with Crippen molar-refractivity contribution in [3.63, 3.8) is 0 Å². The third-order valence-electron chi connectivity index (χ3n) is 3.11. The number of hydrogen-bond donors (Lipinski definition) is 1. The summed E-state index contributed by atoms with van der Waals surface area (Å²) in [6.07, 6.45) is -0.0776. The van der Waals surface area contributed by atoms with Crippen LogP contribution in [0.1, 0.15) is 12.0 Å². The SMILES string of the molecule is O=C(O)CCN(Cc1cccc(F)c1F)c1ccccc1. The number of carboxylic acids is 1. The van der Waals surface area contributed by atoms with E-state index >= 15 is 0 Å². The van der Waals surface area contributed by atoms with E-state index in [2.05, 4.69) is 0 Å². The highest BCUT2D eigenvalue weighted by atomic mass is 19.2. The molecule has 110 valence electrons. The zero-order valence-electron chi connectivity index (χ0n) is 11.3. The topological polar surface area (TPSA) is 40.5 Å². The van der Waals surface area contributed by atoms with Gasteiger partial charge in [-0.25, -0.2) is 8.78 Å². The lowest BCUT2D eigenvalue weighted by molar-refractivity contribution is -0.136. The van der Waals surface area contributed by atoms with Crippen LogP contribution in [0.25, 0.3) is 0 Å². The zero-order valence-corrected chi connectivity index (χ0v) is 11.3. The van der Waals surface area contributed by atoms with Gasteiger partial charge in [-0.05, 0) is 18.2 Å². The number of anilines is 1. The van der Waals surface area contributed by atoms with Crippen LogP contribution in [-0.4, -0.2) is 17.6 Å². The van der Waals surface area contributed by atoms with Crippen LogP contribution >= 0.6 is 0 Å². The monoisotopic (exact) mass is 291 g/mol. The molecule has 0 aliphatic rings. The van der Waals surface area contributed by atoms with Gasteiger partial charge < -0.3 is 10.0 Å². The fourth-order valence-electron chi connectivity index (χ4n) is 2.05. The highest BCUT2D eigenvalue weighted by molar-refractivity contribution is 5.67. The minimum Gasteiger partial charge on any atom is -0.481 e. The fourth-order valence-corrected chi connectivity index (χ4v) is 2.05. The molecule has 0 bridgehead atoms. The highest BCUT2D eigenvalue weighted by Gasteiger charge is 2.14. The van der Waals surface area contributed by atoms with E-state index in [0.29, 0.717) is 0 Å². The maximum atomic E-state index is 13.8. The van der Waals surface area contributed by atoms with Gasteiger partial charge in [0.25, 0.3) is 0 Å². The molecule has 21 heavy (non-hydrogen) atoms. The number of rotatable bonds is 6. The average Bonchev–Trinajstić information content (AvgIpc) is 2.48. The van der Waals surface area contributed by atoms with Gasteiger partial charge in [0.1, 0.15) is 0 Å². The first-order valence-electron chi connectivity index (χ1n) is 6.52. The minimum absolute atomic E-state index is 0.0776. The van der Waals surface area contributed by atoms with Crippen molar-refractivity contribution in [1.29, 1.82) is 0 Å². The molecule has 2 rings (SSSR count). The van der Waals surface area contributed by atoms with Crippen molar-refractivity contribution in [1.82, 2.24) is 0 Å². The first-order valence-corrected chi connectivity index (χ1v) is 6.52. The van der Waals surface area contributed by atoms with Gasteiger partial charge in [0.05, 0.1) is 6.42 Å². The Labute approximate surface area is 121 Å². The number of aliphatic carboxylic acids is 1. The fraction of sp³-hybridized carbons (Fsp3) is 0.188. The summed E-state index contributed by atoms with van der Waals surface area (Å²) in [5, 5.41) is 8.81. The molecule has 0 amide bonds. The van der Waals surface area contributed by atoms with Gasteiger partial charge in [-0.2, -0.15) is 0 Å². The predicted molar refractivity (Wildman–Crippen MR) is 76.1 cm³/mol. The average molecular weight is 291 g/mol. The van der Waals surface area contributed by atoms with Gasteiger partial charge in [0, 0.05) is 24.3 Å². The molecule has 0 fully saturated rings. The van der Waals surface area contributed by atoms with E-state index in [9.17, 15) is 13.6 Å². The van der Waals surface area contributed by atoms with E-state index in [1.165, 1.54) is 12.1 Å². The van der Waals surface area contributed by atoms with Gasteiger partial charge in [0.15, 0.2) is 11.6 Å². The van der Waals surface area contributed by atoms with Crippen LogP contribution in [0.5, 0.6) is 0 Å². The Bertz CT molecular complexity index is 617. The quantitative estimate of drug-likeness (QED) is 0.886. The summed E-state index contributed by atoms with van der Waals surface area (Å²) in [7, 11) is 0. The summed E-state index contributed by atoms with van der Waals surface area (Å²) in [6, 6.07) is 13.1. The standard InChI is InChI=1S/C16H15F2NO2/c17-14-8-4-5-12(16(14)18)11-19(10-9-15(20)21)13-6-2-1-3-7-13/h1-8H,9-11H2,(H,20,21). The lowest BCUT2D eigenvalue weighted by atomic mass is 10.1. The summed E-state index contributed by atoms with van der Waals surface area (Å²) in [5.74, 6) is -2.73. The largest absolute Gasteiger partial charge is 0.481 e. The van der Waals surface area contributed by atoms with Crippen molar-refractivity contribution in [2.45, 2.75) is 13.0 Å². The van der Waals surface area contributed by atoms with E-state index in [-0.39, 0.29) is 25.1 Å². The normalized spacial score (nSPS) is 10.4. The van der Waals surface area contributed by atoms with E-state index in [1.807, 2.05) is 18.2 Å². The molecular weight excluding hydrogens is 276 g/mol. The second kappa shape index (κ2) is 6.83. The van der Waals surface area contributed by atoms with Crippen LogP contribution in [0.2, 0.25) is 0 Å². The van der Waals surface area contributed by atoms with Crippen LogP contribution in [-0.2, 0) is 11.3 Å². The van der Waals surface area contributed by atoms with E-state index in [0.717, 1.165) is 11.8 Å². The molecule has 0 radical (unpaired) electrons. The predicted octanol–water partition coefficient (Wildman–Crippen LogP) is 3.45. The number of halogens is 2. The number of benzene rings is 2. The summed E-state index contributed by atoms with van der Waals surface area (Å²) in [4.78, 5) is 12.5. The molecule has 0 heterocycles. The number of carbonyl (C=O) groups is 1. The first-order chi connectivity index (χ1) is 10.1. The van der Waals surface area contributed by atoms with E-state index in [4.69, 9.17) is 5.11 Å². The van der Waals surface area contributed by atoms with Crippen molar-refractivity contribution < 1.29 is 18.7 Å². The molecule has 0 saturated heterocycles. The Morgan fingerprint density at radius 3 is 2.43 bits per heavy atom. The number of hydrogen-bond acceptors (Lipinski definition) is 2. The molecule has 0 spiro atoms. The Balaban J connectivity index is 2.23. The Morgan fingerprint density at radius 2 is 1.76 bits per heavy atom. The molecule has 3 nitrogen and oxygen atoms in total. The summed E-state index contributed by atoms with van der Waals surface area (Å²) in [5.41, 5.74) is 0.964. The first kappa shape index (κ1) is 15.0. The minimum atomic E-state index is -0.935. The Hall–Kier alpha value is -2.43. The molecule has 2 aromatic carbocycles. The lowest BCUT2D eigenvalue weighted by Gasteiger charge is -2.24. The van der Waals surface area contributed by atoms with Crippen LogP contribution in [0.15, 0.2) is 48.5 Å². The van der Waals surface area contributed by atoms with Crippen LogP contribution in [0, 0.1) is 11.6 Å². The maximum absolute atomic E-state index is 13.8. The Morgan fingerprint density at radius 1 is 1.05 bits per heavy atom. The van der Waals surface area contributed by atoms with Gasteiger partial charge in [-0.15, -0.1) is 0 Å². The van der Waals surface area contributed by atoms with Gasteiger partial charge in [0.2, 0.25) is 0 Å². The second-order valence-corrected chi connectivity index (χ2v) is 4.61. The second-order valence-electron chi connectivity index (χ2n) is 4.61.